The highest BCUT2D eigenvalue weighted by Crippen LogP contribution is 2.32. The second-order valence-corrected chi connectivity index (χ2v) is 7.75. The average Bonchev–Trinajstić information content (AvgIpc) is 2.97. The van der Waals surface area contributed by atoms with Gasteiger partial charge in [0.1, 0.15) is 17.2 Å². The Kier molecular flexibility index (Phi) is 4.45. The van der Waals surface area contributed by atoms with Crippen LogP contribution in [0, 0.1) is 12.8 Å². The standard InChI is InChI=1S/C20H27N5O2.2H2/c1-12(2)18(19-13(3)15-7-5-6-8-16(15)27-19)22-20(26)21-14-9-10-17-23-24(4)25(17)11-14;;/h5-8,12,14,18H,9-11H2,1-4H3,(H2,21,22,26);2*1H/t14?,18-;;/m1../s1. The highest BCUT2D eigenvalue weighted by Gasteiger charge is 2.28. The second kappa shape index (κ2) is 6.79. The number of hydrogen-bond donors (Lipinski definition) is 2. The molecule has 7 nitrogen and oxygen atoms in total. The van der Waals surface area contributed by atoms with E-state index in [1.165, 1.54) is 0 Å². The molecule has 0 saturated heterocycles. The minimum atomic E-state index is -0.176. The fraction of sp³-hybridized carbons (Fsp3) is 0.500. The number of carbonyl (C=O) groups excluding carboxylic acids is 1. The number of benzene rings is 1. The lowest BCUT2D eigenvalue weighted by Gasteiger charge is -2.32. The summed E-state index contributed by atoms with van der Waals surface area (Å²) < 4.78 is 8.20. The highest BCUT2D eigenvalue weighted by molar-refractivity contribution is 5.82. The topological polar surface area (TPSA) is 77.0 Å². The highest BCUT2D eigenvalue weighted by atomic mass is 16.3. The fourth-order valence-corrected chi connectivity index (χ4v) is 3.92. The van der Waals surface area contributed by atoms with Crippen LogP contribution in [0.25, 0.3) is 11.0 Å². The maximum Gasteiger partial charge on any atom is 0.315 e. The van der Waals surface area contributed by atoms with Crippen molar-refractivity contribution in [3.05, 3.63) is 41.4 Å². The molecule has 2 amide bonds. The zero-order chi connectivity index (χ0) is 19.1. The van der Waals surface area contributed by atoms with Crippen molar-refractivity contribution in [2.75, 3.05) is 0 Å². The Labute approximate surface area is 161 Å². The van der Waals surface area contributed by atoms with Crippen molar-refractivity contribution in [2.24, 2.45) is 13.0 Å². The summed E-state index contributed by atoms with van der Waals surface area (Å²) in [7, 11) is 1.92. The van der Waals surface area contributed by atoms with Gasteiger partial charge in [-0.2, -0.15) is 0 Å². The number of nitrogens with zero attached hydrogens (tertiary/aromatic N) is 3. The monoisotopic (exact) mass is 373 g/mol. The van der Waals surface area contributed by atoms with Crippen LogP contribution in [0.2, 0.25) is 0 Å². The zero-order valence-corrected chi connectivity index (χ0v) is 16.3. The first-order valence-electron chi connectivity index (χ1n) is 9.57. The smallest absolute Gasteiger partial charge is 0.315 e. The first-order valence-corrected chi connectivity index (χ1v) is 9.57. The van der Waals surface area contributed by atoms with Gasteiger partial charge in [-0.1, -0.05) is 32.0 Å². The number of carbonyl (C=O) groups is 1. The summed E-state index contributed by atoms with van der Waals surface area (Å²) in [5, 5.41) is 11.7. The van der Waals surface area contributed by atoms with Crippen LogP contribution in [0.1, 0.15) is 46.3 Å². The molecule has 1 aliphatic rings. The van der Waals surface area contributed by atoms with Gasteiger partial charge in [0.05, 0.1) is 18.6 Å². The number of para-hydroxylation sites is 1. The molecule has 0 bridgehead atoms. The van der Waals surface area contributed by atoms with E-state index in [4.69, 9.17) is 4.42 Å². The van der Waals surface area contributed by atoms with E-state index in [2.05, 4.69) is 47.3 Å². The maximum atomic E-state index is 12.7. The molecule has 2 aromatic heterocycles. The van der Waals surface area contributed by atoms with Crippen molar-refractivity contribution < 1.29 is 12.1 Å². The molecule has 3 heterocycles. The summed E-state index contributed by atoms with van der Waals surface area (Å²) in [6.45, 7) is 7.00. The minimum Gasteiger partial charge on any atom is -0.459 e. The van der Waals surface area contributed by atoms with Gasteiger partial charge >= 0.3 is 6.03 Å². The first-order chi connectivity index (χ1) is 12.9. The Hall–Kier alpha value is -2.70. The molecule has 1 unspecified atom stereocenters. The first kappa shape index (κ1) is 17.7. The molecule has 1 aliphatic heterocycles. The summed E-state index contributed by atoms with van der Waals surface area (Å²) in [6.07, 6.45) is 1.80. The van der Waals surface area contributed by atoms with Gasteiger partial charge in [0.25, 0.3) is 0 Å². The normalized spacial score (nSPS) is 17.9. The van der Waals surface area contributed by atoms with Crippen molar-refractivity contribution in [1.82, 2.24) is 25.2 Å². The fourth-order valence-electron chi connectivity index (χ4n) is 3.92. The number of furan rings is 1. The molecular formula is C20H31N5O2. The molecule has 0 radical (unpaired) electrons. The summed E-state index contributed by atoms with van der Waals surface area (Å²) in [5.74, 6) is 2.15. The van der Waals surface area contributed by atoms with Gasteiger partial charge < -0.3 is 15.1 Å². The molecule has 7 heteroatoms. The van der Waals surface area contributed by atoms with E-state index in [-0.39, 0.29) is 26.9 Å². The van der Waals surface area contributed by atoms with Crippen LogP contribution in [0.5, 0.6) is 0 Å². The van der Waals surface area contributed by atoms with Crippen LogP contribution in [0.4, 0.5) is 4.79 Å². The van der Waals surface area contributed by atoms with E-state index >= 15 is 0 Å². The van der Waals surface area contributed by atoms with Crippen LogP contribution in [-0.2, 0) is 20.0 Å². The molecule has 2 N–H and O–H groups in total. The SMILES string of the molecule is Cc1c([C@H](NC(=O)NC2CCc3nn(C)n3C2)C(C)C)oc2ccccc12.[HH].[HH]. The van der Waals surface area contributed by atoms with E-state index in [1.807, 2.05) is 30.0 Å². The van der Waals surface area contributed by atoms with E-state index in [1.54, 1.807) is 0 Å². The minimum absolute atomic E-state index is 0. The predicted molar refractivity (Wildman–Crippen MR) is 108 cm³/mol. The number of nitrogens with one attached hydrogen (secondary N) is 2. The van der Waals surface area contributed by atoms with Gasteiger partial charge in [-0.25, -0.2) is 9.59 Å². The van der Waals surface area contributed by atoms with Crippen molar-refractivity contribution in [1.29, 1.82) is 0 Å². The van der Waals surface area contributed by atoms with Gasteiger partial charge in [-0.15, -0.1) is 5.10 Å². The van der Waals surface area contributed by atoms with E-state index in [0.717, 1.165) is 47.5 Å². The molecule has 0 aliphatic carbocycles. The van der Waals surface area contributed by atoms with Gasteiger partial charge in [0, 0.05) is 27.3 Å². The number of aromatic nitrogens is 3. The lowest BCUT2D eigenvalue weighted by atomic mass is 9.98. The Bertz CT molecular complexity index is 975. The van der Waals surface area contributed by atoms with E-state index in [9.17, 15) is 4.79 Å². The Morgan fingerprint density at radius 3 is 2.85 bits per heavy atom. The predicted octanol–water partition coefficient (Wildman–Crippen LogP) is 3.78. The van der Waals surface area contributed by atoms with Crippen molar-refractivity contribution in [2.45, 2.75) is 52.2 Å². The zero-order valence-electron chi connectivity index (χ0n) is 16.3. The average molecular weight is 374 g/mol. The van der Waals surface area contributed by atoms with Crippen molar-refractivity contribution in [3.8, 4) is 0 Å². The van der Waals surface area contributed by atoms with Gasteiger partial charge in [-0.05, 0) is 25.3 Å². The lowest BCUT2D eigenvalue weighted by Crippen LogP contribution is -2.50. The molecule has 1 aromatic carbocycles. The molecule has 4 rings (SSSR count). The van der Waals surface area contributed by atoms with E-state index in [0.29, 0.717) is 0 Å². The van der Waals surface area contributed by atoms with Crippen LogP contribution in [0.3, 0.4) is 0 Å². The largest absolute Gasteiger partial charge is 0.459 e. The molecule has 0 fully saturated rings. The summed E-state index contributed by atoms with van der Waals surface area (Å²) >= 11 is 0. The molecule has 0 saturated carbocycles. The summed E-state index contributed by atoms with van der Waals surface area (Å²) in [4.78, 5) is 14.5. The van der Waals surface area contributed by atoms with E-state index < -0.39 is 0 Å². The number of urea groups is 1. The number of aryl methyl sites for hydroxylation is 3. The van der Waals surface area contributed by atoms with Gasteiger partial charge in [0.2, 0.25) is 0 Å². The van der Waals surface area contributed by atoms with Crippen molar-refractivity contribution >= 4 is 17.0 Å². The third-order valence-corrected chi connectivity index (χ3v) is 5.47. The number of fused-ring (bicyclic) bond motifs is 2. The summed E-state index contributed by atoms with van der Waals surface area (Å²) in [6, 6.07) is 7.77. The molecule has 148 valence electrons. The number of amides is 2. The van der Waals surface area contributed by atoms with Crippen LogP contribution in [-0.4, -0.2) is 26.6 Å². The quantitative estimate of drug-likeness (QED) is 0.731. The third kappa shape index (κ3) is 3.22. The Morgan fingerprint density at radius 2 is 2.15 bits per heavy atom. The summed E-state index contributed by atoms with van der Waals surface area (Å²) in [5.41, 5.74) is 1.95. The van der Waals surface area contributed by atoms with Crippen LogP contribution < -0.4 is 10.6 Å². The van der Waals surface area contributed by atoms with Crippen LogP contribution in [0.15, 0.2) is 28.7 Å². The van der Waals surface area contributed by atoms with Crippen molar-refractivity contribution in [3.63, 3.8) is 0 Å². The molecule has 27 heavy (non-hydrogen) atoms. The lowest BCUT2D eigenvalue weighted by molar-refractivity contribution is 0.211. The third-order valence-electron chi connectivity index (χ3n) is 5.47. The molecular weight excluding hydrogens is 342 g/mol. The van der Waals surface area contributed by atoms with Gasteiger partial charge in [-0.3, -0.25) is 4.68 Å². The Morgan fingerprint density at radius 1 is 1.37 bits per heavy atom. The molecule has 0 spiro atoms. The molecule has 2 atom stereocenters. The number of rotatable bonds is 4. The number of hydrogen-bond acceptors (Lipinski definition) is 3. The van der Waals surface area contributed by atoms with Gasteiger partial charge in [0.15, 0.2) is 0 Å². The Balaban J connectivity index is 0.00000150. The van der Waals surface area contributed by atoms with Crippen LogP contribution >= 0.6 is 0 Å². The second-order valence-electron chi connectivity index (χ2n) is 7.75. The molecule has 3 aromatic rings. The maximum absolute atomic E-state index is 12.7.